The van der Waals surface area contributed by atoms with Crippen molar-refractivity contribution in [3.63, 3.8) is 0 Å². The smallest absolute Gasteiger partial charge is 0.244 e. The highest BCUT2D eigenvalue weighted by Gasteiger charge is 2.28. The first kappa shape index (κ1) is 15.0. The highest BCUT2D eigenvalue weighted by Crippen LogP contribution is 2.23. The Morgan fingerprint density at radius 2 is 1.73 bits per heavy atom. The molecule has 0 atom stereocenters. The number of rotatable bonds is 3. The van der Waals surface area contributed by atoms with Gasteiger partial charge >= 0.3 is 0 Å². The predicted octanol–water partition coefficient (Wildman–Crippen LogP) is 1.90. The van der Waals surface area contributed by atoms with E-state index in [1.165, 1.54) is 17.4 Å². The highest BCUT2D eigenvalue weighted by atomic mass is 32.2. The van der Waals surface area contributed by atoms with E-state index in [0.717, 1.165) is 0 Å². The van der Waals surface area contributed by atoms with Gasteiger partial charge in [0.2, 0.25) is 10.0 Å². The first-order chi connectivity index (χ1) is 10.6. The van der Waals surface area contributed by atoms with Crippen molar-refractivity contribution in [1.29, 1.82) is 0 Å². The van der Waals surface area contributed by atoms with Crippen molar-refractivity contribution >= 4 is 15.7 Å². The molecule has 2 heterocycles. The van der Waals surface area contributed by atoms with E-state index in [9.17, 15) is 8.42 Å². The lowest BCUT2D eigenvalue weighted by Crippen LogP contribution is -2.48. The van der Waals surface area contributed by atoms with Crippen LogP contribution >= 0.6 is 0 Å². The Bertz CT molecular complexity index is 739. The fourth-order valence-electron chi connectivity index (χ4n) is 2.74. The molecule has 116 valence electrons. The maximum Gasteiger partial charge on any atom is 0.244 e. The van der Waals surface area contributed by atoms with Gasteiger partial charge in [-0.25, -0.2) is 8.42 Å². The lowest BCUT2D eigenvalue weighted by atomic mass is 10.1. The van der Waals surface area contributed by atoms with E-state index in [2.05, 4.69) is 28.9 Å². The van der Waals surface area contributed by atoms with Crippen LogP contribution in [0.25, 0.3) is 0 Å². The summed E-state index contributed by atoms with van der Waals surface area (Å²) < 4.78 is 26.7. The summed E-state index contributed by atoms with van der Waals surface area (Å²) in [7, 11) is -3.43. The van der Waals surface area contributed by atoms with Gasteiger partial charge in [0.25, 0.3) is 0 Å². The molecule has 1 aromatic carbocycles. The fourth-order valence-corrected chi connectivity index (χ4v) is 4.12. The lowest BCUT2D eigenvalue weighted by Gasteiger charge is -2.36. The van der Waals surface area contributed by atoms with E-state index in [-0.39, 0.29) is 4.90 Å². The molecule has 1 fully saturated rings. The Hall–Kier alpha value is -1.92. The number of hydrogen-bond donors (Lipinski definition) is 0. The molecule has 0 amide bonds. The summed E-state index contributed by atoms with van der Waals surface area (Å²) in [6.07, 6.45) is 2.98. The van der Waals surface area contributed by atoms with Crippen molar-refractivity contribution in [1.82, 2.24) is 9.29 Å². The molecule has 0 N–H and O–H groups in total. The van der Waals surface area contributed by atoms with E-state index in [1.807, 2.05) is 12.1 Å². The summed E-state index contributed by atoms with van der Waals surface area (Å²) >= 11 is 0. The summed E-state index contributed by atoms with van der Waals surface area (Å²) in [6, 6.07) is 11.4. The van der Waals surface area contributed by atoms with Crippen molar-refractivity contribution in [2.75, 3.05) is 31.1 Å². The maximum atomic E-state index is 12.6. The molecule has 6 heteroatoms. The van der Waals surface area contributed by atoms with E-state index < -0.39 is 10.0 Å². The summed E-state index contributed by atoms with van der Waals surface area (Å²) in [5, 5.41) is 0. The number of aromatic nitrogens is 1. The van der Waals surface area contributed by atoms with Crippen molar-refractivity contribution in [2.24, 2.45) is 0 Å². The predicted molar refractivity (Wildman–Crippen MR) is 86.4 cm³/mol. The van der Waals surface area contributed by atoms with E-state index in [1.54, 1.807) is 22.6 Å². The van der Waals surface area contributed by atoms with Crippen LogP contribution in [0.15, 0.2) is 53.7 Å². The Morgan fingerprint density at radius 3 is 2.36 bits per heavy atom. The van der Waals surface area contributed by atoms with Gasteiger partial charge in [-0.2, -0.15) is 4.31 Å². The Kier molecular flexibility index (Phi) is 4.13. The molecule has 2 aromatic rings. The van der Waals surface area contributed by atoms with E-state index in [4.69, 9.17) is 0 Å². The number of hydrogen-bond acceptors (Lipinski definition) is 4. The molecule has 0 unspecified atom stereocenters. The molecular weight excluding hydrogens is 298 g/mol. The number of piperazine rings is 1. The third-order valence-electron chi connectivity index (χ3n) is 3.97. The average molecular weight is 317 g/mol. The molecule has 1 aliphatic heterocycles. The minimum atomic E-state index is -3.43. The molecule has 0 radical (unpaired) electrons. The normalized spacial score (nSPS) is 16.7. The number of benzene rings is 1. The molecular formula is C16H19N3O2S. The number of nitrogens with zero attached hydrogens (tertiary/aromatic N) is 3. The second-order valence-corrected chi connectivity index (χ2v) is 7.30. The molecule has 0 saturated carbocycles. The SMILES string of the molecule is Cc1ccccc1N1CCN(S(=O)(=O)c2cccnc2)CC1. The third kappa shape index (κ3) is 2.84. The first-order valence-electron chi connectivity index (χ1n) is 7.30. The Balaban J connectivity index is 1.74. The Morgan fingerprint density at radius 1 is 1.00 bits per heavy atom. The van der Waals surface area contributed by atoms with Crippen LogP contribution in [-0.2, 0) is 10.0 Å². The third-order valence-corrected chi connectivity index (χ3v) is 5.85. The van der Waals surface area contributed by atoms with Gasteiger partial charge in [-0.1, -0.05) is 18.2 Å². The van der Waals surface area contributed by atoms with Crippen molar-refractivity contribution in [3.8, 4) is 0 Å². The van der Waals surface area contributed by atoms with Crippen molar-refractivity contribution in [2.45, 2.75) is 11.8 Å². The van der Waals surface area contributed by atoms with Gasteiger partial charge in [0.1, 0.15) is 4.90 Å². The van der Waals surface area contributed by atoms with Crippen LogP contribution in [0.4, 0.5) is 5.69 Å². The van der Waals surface area contributed by atoms with E-state index in [0.29, 0.717) is 26.2 Å². The molecule has 0 spiro atoms. The first-order valence-corrected chi connectivity index (χ1v) is 8.74. The summed E-state index contributed by atoms with van der Waals surface area (Å²) in [5.41, 5.74) is 2.40. The average Bonchev–Trinajstić information content (AvgIpc) is 2.56. The summed E-state index contributed by atoms with van der Waals surface area (Å²) in [6.45, 7) is 4.46. The van der Waals surface area contributed by atoms with Crippen LogP contribution < -0.4 is 4.90 Å². The zero-order valence-electron chi connectivity index (χ0n) is 12.5. The summed E-state index contributed by atoms with van der Waals surface area (Å²) in [5.74, 6) is 0. The van der Waals surface area contributed by atoms with Crippen molar-refractivity contribution < 1.29 is 8.42 Å². The topological polar surface area (TPSA) is 53.5 Å². The van der Waals surface area contributed by atoms with Gasteiger partial charge in [0.15, 0.2) is 0 Å². The Labute approximate surface area is 131 Å². The van der Waals surface area contributed by atoms with Crippen LogP contribution in [0, 0.1) is 6.92 Å². The van der Waals surface area contributed by atoms with Crippen LogP contribution in [0.1, 0.15) is 5.56 Å². The van der Waals surface area contributed by atoms with Gasteiger partial charge in [0.05, 0.1) is 0 Å². The molecule has 1 aliphatic rings. The second-order valence-electron chi connectivity index (χ2n) is 5.37. The van der Waals surface area contributed by atoms with Crippen LogP contribution in [-0.4, -0.2) is 43.9 Å². The number of anilines is 1. The molecule has 22 heavy (non-hydrogen) atoms. The maximum absolute atomic E-state index is 12.6. The van der Waals surface area contributed by atoms with E-state index >= 15 is 0 Å². The minimum absolute atomic E-state index is 0.263. The van der Waals surface area contributed by atoms with Gasteiger partial charge < -0.3 is 4.90 Å². The van der Waals surface area contributed by atoms with Gasteiger partial charge in [-0.15, -0.1) is 0 Å². The van der Waals surface area contributed by atoms with Crippen LogP contribution in [0.5, 0.6) is 0 Å². The lowest BCUT2D eigenvalue weighted by molar-refractivity contribution is 0.384. The minimum Gasteiger partial charge on any atom is -0.369 e. The molecule has 1 saturated heterocycles. The molecule has 0 bridgehead atoms. The van der Waals surface area contributed by atoms with Crippen LogP contribution in [0.3, 0.4) is 0 Å². The monoisotopic (exact) mass is 317 g/mol. The molecule has 0 aliphatic carbocycles. The van der Waals surface area contributed by atoms with Gasteiger partial charge in [0, 0.05) is 44.3 Å². The summed E-state index contributed by atoms with van der Waals surface area (Å²) in [4.78, 5) is 6.41. The number of para-hydroxylation sites is 1. The molecule has 5 nitrogen and oxygen atoms in total. The van der Waals surface area contributed by atoms with Gasteiger partial charge in [-0.3, -0.25) is 4.98 Å². The fraction of sp³-hybridized carbons (Fsp3) is 0.312. The largest absolute Gasteiger partial charge is 0.369 e. The standard InChI is InChI=1S/C16H19N3O2S/c1-14-5-2-3-7-16(14)18-9-11-19(12-10-18)22(20,21)15-6-4-8-17-13-15/h2-8,13H,9-12H2,1H3. The molecule has 1 aromatic heterocycles. The second kappa shape index (κ2) is 6.06. The molecule has 3 rings (SSSR count). The number of aryl methyl sites for hydroxylation is 1. The van der Waals surface area contributed by atoms with Crippen LogP contribution in [0.2, 0.25) is 0 Å². The number of sulfonamides is 1. The zero-order valence-corrected chi connectivity index (χ0v) is 13.3. The highest BCUT2D eigenvalue weighted by molar-refractivity contribution is 7.89. The number of pyridine rings is 1. The van der Waals surface area contributed by atoms with Gasteiger partial charge in [-0.05, 0) is 30.7 Å². The van der Waals surface area contributed by atoms with Crippen molar-refractivity contribution in [3.05, 3.63) is 54.4 Å². The zero-order chi connectivity index (χ0) is 15.6. The quantitative estimate of drug-likeness (QED) is 0.867.